The lowest BCUT2D eigenvalue weighted by Crippen LogP contribution is -2.21. The first-order valence-electron chi connectivity index (χ1n) is 9.24. The third-order valence-corrected chi connectivity index (χ3v) is 3.90. The SMILES string of the molecule is CCOC(=O)C(=O)Cc1ccc(OCc2ccc(F)c(C(=O)C(=O)OCC)c2F)cn1. The molecule has 0 unspecified atom stereocenters. The van der Waals surface area contributed by atoms with E-state index in [0.29, 0.717) is 5.69 Å². The molecule has 0 saturated carbocycles. The average Bonchev–Trinajstić information content (AvgIpc) is 2.74. The van der Waals surface area contributed by atoms with Crippen molar-refractivity contribution in [2.45, 2.75) is 26.9 Å². The first-order valence-corrected chi connectivity index (χ1v) is 9.24. The van der Waals surface area contributed by atoms with E-state index < -0.39 is 47.3 Å². The highest BCUT2D eigenvalue weighted by atomic mass is 19.1. The van der Waals surface area contributed by atoms with E-state index >= 15 is 0 Å². The number of carbonyl (C=O) groups is 4. The highest BCUT2D eigenvalue weighted by molar-refractivity contribution is 6.40. The smallest absolute Gasteiger partial charge is 0.379 e. The summed E-state index contributed by atoms with van der Waals surface area (Å²) in [7, 11) is 0. The molecule has 0 radical (unpaired) electrons. The lowest BCUT2D eigenvalue weighted by Gasteiger charge is -2.10. The van der Waals surface area contributed by atoms with E-state index in [0.717, 1.165) is 12.1 Å². The largest absolute Gasteiger partial charge is 0.487 e. The molecule has 31 heavy (non-hydrogen) atoms. The van der Waals surface area contributed by atoms with Gasteiger partial charge in [-0.05, 0) is 38.1 Å². The molecule has 1 heterocycles. The molecule has 0 atom stereocenters. The van der Waals surface area contributed by atoms with E-state index in [1.165, 1.54) is 25.3 Å². The normalized spacial score (nSPS) is 10.3. The Morgan fingerprint density at radius 2 is 1.61 bits per heavy atom. The first kappa shape index (κ1) is 23.6. The van der Waals surface area contributed by atoms with E-state index in [4.69, 9.17) is 4.74 Å². The number of hydrogen-bond acceptors (Lipinski definition) is 8. The van der Waals surface area contributed by atoms with Crippen molar-refractivity contribution in [3.05, 3.63) is 58.9 Å². The van der Waals surface area contributed by atoms with E-state index in [-0.39, 0.29) is 30.9 Å². The van der Waals surface area contributed by atoms with Crippen LogP contribution in [0.4, 0.5) is 8.78 Å². The lowest BCUT2D eigenvalue weighted by molar-refractivity contribution is -0.153. The van der Waals surface area contributed by atoms with Gasteiger partial charge >= 0.3 is 11.9 Å². The summed E-state index contributed by atoms with van der Waals surface area (Å²) in [5, 5.41) is 0. The maximum atomic E-state index is 14.6. The number of esters is 2. The Labute approximate surface area is 176 Å². The van der Waals surface area contributed by atoms with Crippen LogP contribution in [-0.4, -0.2) is 41.7 Å². The minimum Gasteiger partial charge on any atom is -0.487 e. The summed E-state index contributed by atoms with van der Waals surface area (Å²) in [6, 6.07) is 4.79. The Morgan fingerprint density at radius 3 is 2.23 bits per heavy atom. The third-order valence-electron chi connectivity index (χ3n) is 3.90. The summed E-state index contributed by atoms with van der Waals surface area (Å²) in [5.74, 6) is -6.75. The topological polar surface area (TPSA) is 109 Å². The van der Waals surface area contributed by atoms with E-state index in [1.54, 1.807) is 6.92 Å². The standard InChI is InChI=1S/C21H19F2NO7/c1-3-29-20(27)16(25)9-13-6-7-14(10-24-13)31-11-12-5-8-15(22)17(18(12)23)19(26)21(28)30-4-2/h5-8,10H,3-4,9,11H2,1-2H3. The zero-order chi connectivity index (χ0) is 23.0. The van der Waals surface area contributed by atoms with Crippen LogP contribution in [0.1, 0.15) is 35.5 Å². The maximum Gasteiger partial charge on any atom is 0.379 e. The van der Waals surface area contributed by atoms with Crippen molar-refractivity contribution >= 4 is 23.5 Å². The number of ether oxygens (including phenoxy) is 3. The number of pyridine rings is 1. The molecular formula is C21H19F2NO7. The van der Waals surface area contributed by atoms with Crippen LogP contribution in [0.3, 0.4) is 0 Å². The molecule has 164 valence electrons. The van der Waals surface area contributed by atoms with E-state index in [2.05, 4.69) is 14.5 Å². The second kappa shape index (κ2) is 10.9. The number of benzene rings is 1. The molecule has 0 spiro atoms. The van der Waals surface area contributed by atoms with Crippen molar-refractivity contribution in [3.8, 4) is 5.75 Å². The molecule has 0 bridgehead atoms. The van der Waals surface area contributed by atoms with Crippen molar-refractivity contribution < 1.29 is 42.2 Å². The van der Waals surface area contributed by atoms with Crippen LogP contribution in [-0.2, 0) is 36.9 Å². The number of carbonyl (C=O) groups excluding carboxylic acids is 4. The first-order chi connectivity index (χ1) is 14.8. The highest BCUT2D eigenvalue weighted by Gasteiger charge is 2.27. The lowest BCUT2D eigenvalue weighted by atomic mass is 10.1. The van der Waals surface area contributed by atoms with Crippen molar-refractivity contribution in [2.75, 3.05) is 13.2 Å². The maximum absolute atomic E-state index is 14.6. The number of rotatable bonds is 10. The number of hydrogen-bond donors (Lipinski definition) is 0. The molecule has 2 rings (SSSR count). The summed E-state index contributed by atoms with van der Waals surface area (Å²) < 4.78 is 43.0. The Morgan fingerprint density at radius 1 is 0.935 bits per heavy atom. The highest BCUT2D eigenvalue weighted by Crippen LogP contribution is 2.20. The fourth-order valence-corrected chi connectivity index (χ4v) is 2.42. The predicted molar refractivity (Wildman–Crippen MR) is 101 cm³/mol. The molecule has 0 amide bonds. The van der Waals surface area contributed by atoms with Crippen LogP contribution in [0, 0.1) is 11.6 Å². The fourth-order valence-electron chi connectivity index (χ4n) is 2.42. The summed E-state index contributed by atoms with van der Waals surface area (Å²) in [6.07, 6.45) is 0.991. The minimum atomic E-state index is -1.43. The fraction of sp³-hybridized carbons (Fsp3) is 0.286. The quantitative estimate of drug-likeness (QED) is 0.318. The van der Waals surface area contributed by atoms with Crippen molar-refractivity contribution in [2.24, 2.45) is 0 Å². The van der Waals surface area contributed by atoms with Gasteiger partial charge in [0.2, 0.25) is 5.78 Å². The number of ketones is 2. The Balaban J connectivity index is 2.07. The van der Waals surface area contributed by atoms with Crippen LogP contribution in [0.5, 0.6) is 5.75 Å². The predicted octanol–water partition coefficient (Wildman–Crippen LogP) is 2.36. The van der Waals surface area contributed by atoms with Crippen molar-refractivity contribution in [3.63, 3.8) is 0 Å². The second-order valence-electron chi connectivity index (χ2n) is 6.04. The van der Waals surface area contributed by atoms with Gasteiger partial charge in [-0.1, -0.05) is 0 Å². The van der Waals surface area contributed by atoms with Gasteiger partial charge in [-0.25, -0.2) is 18.4 Å². The molecular weight excluding hydrogens is 416 g/mol. The number of aromatic nitrogens is 1. The molecule has 2 aromatic rings. The molecule has 0 aliphatic carbocycles. The van der Waals surface area contributed by atoms with Gasteiger partial charge in [-0.3, -0.25) is 14.6 Å². The minimum absolute atomic E-state index is 0.0812. The molecule has 0 aliphatic rings. The van der Waals surface area contributed by atoms with Gasteiger partial charge in [0.25, 0.3) is 5.78 Å². The molecule has 1 aromatic heterocycles. The van der Waals surface area contributed by atoms with Gasteiger partial charge < -0.3 is 14.2 Å². The van der Waals surface area contributed by atoms with Gasteiger partial charge in [0.1, 0.15) is 29.6 Å². The zero-order valence-electron chi connectivity index (χ0n) is 16.8. The number of halogens is 2. The van der Waals surface area contributed by atoms with Crippen LogP contribution >= 0.6 is 0 Å². The molecule has 1 aromatic carbocycles. The van der Waals surface area contributed by atoms with Crippen LogP contribution in [0.25, 0.3) is 0 Å². The van der Waals surface area contributed by atoms with Crippen molar-refractivity contribution in [1.82, 2.24) is 4.98 Å². The molecule has 10 heteroatoms. The average molecular weight is 435 g/mol. The monoisotopic (exact) mass is 435 g/mol. The Hall–Kier alpha value is -3.69. The van der Waals surface area contributed by atoms with Crippen LogP contribution in [0.15, 0.2) is 30.5 Å². The Kier molecular flexibility index (Phi) is 8.30. The summed E-state index contributed by atoms with van der Waals surface area (Å²) in [6.45, 7) is 2.60. The van der Waals surface area contributed by atoms with E-state index in [9.17, 15) is 28.0 Å². The molecule has 8 nitrogen and oxygen atoms in total. The molecule has 0 fully saturated rings. The van der Waals surface area contributed by atoms with Gasteiger partial charge in [-0.15, -0.1) is 0 Å². The van der Waals surface area contributed by atoms with Gasteiger partial charge in [0, 0.05) is 11.3 Å². The van der Waals surface area contributed by atoms with Crippen LogP contribution < -0.4 is 4.74 Å². The molecule has 0 saturated heterocycles. The van der Waals surface area contributed by atoms with E-state index in [1.807, 2.05) is 0 Å². The van der Waals surface area contributed by atoms with Crippen molar-refractivity contribution in [1.29, 1.82) is 0 Å². The molecule has 0 N–H and O–H groups in total. The second-order valence-corrected chi connectivity index (χ2v) is 6.04. The molecule has 0 aliphatic heterocycles. The number of Topliss-reactive ketones (excluding diaryl/α,β-unsaturated/α-hetero) is 2. The van der Waals surface area contributed by atoms with Gasteiger partial charge in [-0.2, -0.15) is 0 Å². The zero-order valence-corrected chi connectivity index (χ0v) is 16.8. The summed E-state index contributed by atoms with van der Waals surface area (Å²) >= 11 is 0. The van der Waals surface area contributed by atoms with Crippen LogP contribution in [0.2, 0.25) is 0 Å². The summed E-state index contributed by atoms with van der Waals surface area (Å²) in [4.78, 5) is 50.5. The van der Waals surface area contributed by atoms with Gasteiger partial charge in [0.05, 0.1) is 25.8 Å². The van der Waals surface area contributed by atoms with Gasteiger partial charge in [0.15, 0.2) is 0 Å². The number of nitrogens with zero attached hydrogens (tertiary/aromatic N) is 1. The summed E-state index contributed by atoms with van der Waals surface area (Å²) in [5.41, 5.74) is -0.901. The third kappa shape index (κ3) is 6.14. The Bertz CT molecular complexity index is 990.